The highest BCUT2D eigenvalue weighted by molar-refractivity contribution is 9.10. The van der Waals surface area contributed by atoms with Gasteiger partial charge in [0.15, 0.2) is 0 Å². The van der Waals surface area contributed by atoms with Gasteiger partial charge in [0.2, 0.25) is 0 Å². The van der Waals surface area contributed by atoms with E-state index in [-0.39, 0.29) is 4.90 Å². The van der Waals surface area contributed by atoms with Gasteiger partial charge in [-0.25, -0.2) is 8.42 Å². The smallest absolute Gasteiger partial charge is 0.261 e. The number of sulfonamides is 1. The van der Waals surface area contributed by atoms with E-state index in [0.717, 1.165) is 0 Å². The Morgan fingerprint density at radius 2 is 1.76 bits per heavy atom. The van der Waals surface area contributed by atoms with Gasteiger partial charge >= 0.3 is 0 Å². The molecule has 0 saturated heterocycles. The fourth-order valence-electron chi connectivity index (χ4n) is 1.58. The lowest BCUT2D eigenvalue weighted by molar-refractivity contribution is 0.415. The van der Waals surface area contributed by atoms with E-state index in [1.165, 1.54) is 31.4 Å². The molecule has 2 rings (SSSR count). The Balaban J connectivity index is 2.35. The van der Waals surface area contributed by atoms with E-state index in [9.17, 15) is 8.42 Å². The first-order chi connectivity index (χ1) is 9.83. The van der Waals surface area contributed by atoms with Crippen LogP contribution >= 0.6 is 39.1 Å². The van der Waals surface area contributed by atoms with Gasteiger partial charge < -0.3 is 4.74 Å². The average molecular weight is 411 g/mol. The summed E-state index contributed by atoms with van der Waals surface area (Å²) in [6.07, 6.45) is 0. The third-order valence-corrected chi connectivity index (χ3v) is 5.51. The monoisotopic (exact) mass is 409 g/mol. The molecule has 0 radical (unpaired) electrons. The molecule has 0 aromatic heterocycles. The molecular formula is C13H10BrCl2NO3S. The van der Waals surface area contributed by atoms with Gasteiger partial charge in [0.1, 0.15) is 5.75 Å². The number of benzene rings is 2. The van der Waals surface area contributed by atoms with Gasteiger partial charge in [0.25, 0.3) is 10.0 Å². The predicted octanol–water partition coefficient (Wildman–Crippen LogP) is 4.57. The number of rotatable bonds is 4. The summed E-state index contributed by atoms with van der Waals surface area (Å²) < 4.78 is 32.6. The van der Waals surface area contributed by atoms with Gasteiger partial charge in [-0.1, -0.05) is 23.2 Å². The lowest BCUT2D eigenvalue weighted by atomic mass is 10.3. The lowest BCUT2D eigenvalue weighted by Gasteiger charge is -2.10. The summed E-state index contributed by atoms with van der Waals surface area (Å²) in [5.74, 6) is 0.383. The molecule has 1 N–H and O–H groups in total. The minimum absolute atomic E-state index is 0.0905. The normalized spacial score (nSPS) is 11.2. The highest BCUT2D eigenvalue weighted by atomic mass is 79.9. The van der Waals surface area contributed by atoms with Crippen LogP contribution in [0, 0.1) is 0 Å². The van der Waals surface area contributed by atoms with Gasteiger partial charge in [-0.2, -0.15) is 0 Å². The standard InChI is InChI=1S/C13H10BrCl2NO3S/c1-20-13-6-8(2-4-12(13)16)17-21(18,19)9-3-5-11(15)10(14)7-9/h2-7,17H,1H3. The van der Waals surface area contributed by atoms with E-state index in [1.54, 1.807) is 12.1 Å². The van der Waals surface area contributed by atoms with Crippen molar-refractivity contribution in [1.82, 2.24) is 0 Å². The van der Waals surface area contributed by atoms with Gasteiger partial charge in [0.05, 0.1) is 27.7 Å². The number of ether oxygens (including phenoxy) is 1. The highest BCUT2D eigenvalue weighted by Crippen LogP contribution is 2.30. The van der Waals surface area contributed by atoms with Crippen LogP contribution in [0.5, 0.6) is 5.75 Å². The molecule has 0 bridgehead atoms. The molecule has 2 aromatic carbocycles. The second kappa shape index (κ2) is 6.44. The second-order valence-electron chi connectivity index (χ2n) is 4.03. The summed E-state index contributed by atoms with van der Waals surface area (Å²) in [7, 11) is -2.27. The molecule has 112 valence electrons. The number of anilines is 1. The SMILES string of the molecule is COc1cc(NS(=O)(=O)c2ccc(Cl)c(Br)c2)ccc1Cl. The molecule has 0 aliphatic carbocycles. The minimum Gasteiger partial charge on any atom is -0.495 e. The fraction of sp³-hybridized carbons (Fsp3) is 0.0769. The molecule has 8 heteroatoms. The molecule has 0 unspecified atom stereocenters. The molecule has 0 amide bonds. The zero-order valence-electron chi connectivity index (χ0n) is 10.7. The van der Waals surface area contributed by atoms with E-state index in [4.69, 9.17) is 27.9 Å². The van der Waals surface area contributed by atoms with Crippen LogP contribution in [0.2, 0.25) is 10.0 Å². The predicted molar refractivity (Wildman–Crippen MR) is 88.0 cm³/mol. The Kier molecular flexibility index (Phi) is 5.03. The van der Waals surface area contributed by atoms with Crippen LogP contribution in [-0.2, 0) is 10.0 Å². The summed E-state index contributed by atoms with van der Waals surface area (Å²) in [5.41, 5.74) is 0.349. The van der Waals surface area contributed by atoms with Crippen molar-refractivity contribution in [3.8, 4) is 5.75 Å². The van der Waals surface area contributed by atoms with Crippen molar-refractivity contribution < 1.29 is 13.2 Å². The Bertz CT molecular complexity index is 781. The van der Waals surface area contributed by atoms with Crippen LogP contribution < -0.4 is 9.46 Å². The van der Waals surface area contributed by atoms with E-state index in [0.29, 0.717) is 26.0 Å². The van der Waals surface area contributed by atoms with Crippen molar-refractivity contribution in [2.75, 3.05) is 11.8 Å². The molecule has 0 fully saturated rings. The molecule has 21 heavy (non-hydrogen) atoms. The van der Waals surface area contributed by atoms with Gasteiger partial charge in [-0.3, -0.25) is 4.72 Å². The summed E-state index contributed by atoms with van der Waals surface area (Å²) in [5, 5.41) is 0.830. The molecule has 0 spiro atoms. The molecule has 0 saturated carbocycles. The van der Waals surface area contributed by atoms with E-state index in [1.807, 2.05) is 0 Å². The second-order valence-corrected chi connectivity index (χ2v) is 7.38. The maximum Gasteiger partial charge on any atom is 0.261 e. The average Bonchev–Trinajstić information content (AvgIpc) is 2.43. The van der Waals surface area contributed by atoms with Crippen LogP contribution in [0.1, 0.15) is 0 Å². The lowest BCUT2D eigenvalue weighted by Crippen LogP contribution is -2.13. The first kappa shape index (κ1) is 16.4. The number of halogens is 3. The van der Waals surface area contributed by atoms with Crippen molar-refractivity contribution in [2.45, 2.75) is 4.90 Å². The largest absolute Gasteiger partial charge is 0.495 e. The van der Waals surface area contributed by atoms with Gasteiger partial charge in [0, 0.05) is 10.5 Å². The van der Waals surface area contributed by atoms with E-state index < -0.39 is 10.0 Å². The van der Waals surface area contributed by atoms with Crippen LogP contribution in [0.3, 0.4) is 0 Å². The number of hydrogen-bond donors (Lipinski definition) is 1. The molecule has 0 heterocycles. The zero-order valence-corrected chi connectivity index (χ0v) is 14.6. The first-order valence-electron chi connectivity index (χ1n) is 5.65. The molecule has 2 aromatic rings. The van der Waals surface area contributed by atoms with Crippen LogP contribution in [0.25, 0.3) is 0 Å². The first-order valence-corrected chi connectivity index (χ1v) is 8.68. The number of methoxy groups -OCH3 is 1. The molecule has 0 atom stereocenters. The Morgan fingerprint density at radius 3 is 2.38 bits per heavy atom. The van der Waals surface area contributed by atoms with Crippen molar-refractivity contribution in [3.05, 3.63) is 50.9 Å². The Morgan fingerprint density at radius 1 is 1.10 bits per heavy atom. The fourth-order valence-corrected chi connectivity index (χ4v) is 3.50. The van der Waals surface area contributed by atoms with Crippen molar-refractivity contribution in [2.24, 2.45) is 0 Å². The quantitative estimate of drug-likeness (QED) is 0.803. The van der Waals surface area contributed by atoms with Crippen LogP contribution in [0.15, 0.2) is 45.8 Å². The molecule has 4 nitrogen and oxygen atoms in total. The zero-order chi connectivity index (χ0) is 15.6. The Hall–Kier alpha value is -0.950. The maximum absolute atomic E-state index is 12.3. The topological polar surface area (TPSA) is 55.4 Å². The highest BCUT2D eigenvalue weighted by Gasteiger charge is 2.16. The summed E-state index contributed by atoms with van der Waals surface area (Å²) in [4.78, 5) is 0.0905. The minimum atomic E-state index is -3.73. The third kappa shape index (κ3) is 3.83. The van der Waals surface area contributed by atoms with Crippen molar-refractivity contribution >= 4 is 54.8 Å². The summed E-state index contributed by atoms with van der Waals surface area (Å²) in [6.45, 7) is 0. The molecule has 0 aliphatic rings. The third-order valence-electron chi connectivity index (χ3n) is 2.60. The summed E-state index contributed by atoms with van der Waals surface area (Å²) >= 11 is 14.9. The van der Waals surface area contributed by atoms with Gasteiger partial charge in [-0.15, -0.1) is 0 Å². The van der Waals surface area contributed by atoms with Gasteiger partial charge in [-0.05, 0) is 46.3 Å². The summed E-state index contributed by atoms with van der Waals surface area (Å²) in [6, 6.07) is 8.96. The van der Waals surface area contributed by atoms with Crippen molar-refractivity contribution in [3.63, 3.8) is 0 Å². The van der Waals surface area contributed by atoms with E-state index >= 15 is 0 Å². The Labute approximate surface area is 141 Å². The number of hydrogen-bond acceptors (Lipinski definition) is 3. The van der Waals surface area contributed by atoms with E-state index in [2.05, 4.69) is 20.7 Å². The van der Waals surface area contributed by atoms with Crippen molar-refractivity contribution in [1.29, 1.82) is 0 Å². The van der Waals surface area contributed by atoms with Crippen LogP contribution in [0.4, 0.5) is 5.69 Å². The molecule has 0 aliphatic heterocycles. The maximum atomic E-state index is 12.3. The number of nitrogens with one attached hydrogen (secondary N) is 1. The molecular weight excluding hydrogens is 401 g/mol. The van der Waals surface area contributed by atoms with Crippen LogP contribution in [-0.4, -0.2) is 15.5 Å².